The molecule has 0 aliphatic carbocycles. The molecule has 1 atom stereocenters. The predicted molar refractivity (Wildman–Crippen MR) is 114 cm³/mol. The summed E-state index contributed by atoms with van der Waals surface area (Å²) < 4.78 is 78.4. The fourth-order valence-corrected chi connectivity index (χ4v) is 4.84. The SMILES string of the molecule is COC(=O)c1ccc(OC)c(S(=O)(=O)Nc2cc(C(F)(F)F)ccc2N2CCC[C@@H](O)C2)c1. The molecule has 2 aromatic carbocycles. The summed E-state index contributed by atoms with van der Waals surface area (Å²) in [4.78, 5) is 13.0. The van der Waals surface area contributed by atoms with Crippen molar-refractivity contribution >= 4 is 27.4 Å². The van der Waals surface area contributed by atoms with Crippen LogP contribution in [0.3, 0.4) is 0 Å². The van der Waals surface area contributed by atoms with Crippen LogP contribution in [0.25, 0.3) is 0 Å². The average molecular weight is 488 g/mol. The van der Waals surface area contributed by atoms with Crippen LogP contribution in [0.2, 0.25) is 0 Å². The van der Waals surface area contributed by atoms with Gasteiger partial charge in [-0.1, -0.05) is 0 Å². The van der Waals surface area contributed by atoms with E-state index in [1.54, 1.807) is 4.90 Å². The zero-order chi connectivity index (χ0) is 24.4. The minimum atomic E-state index is -4.71. The maximum Gasteiger partial charge on any atom is 0.416 e. The van der Waals surface area contributed by atoms with Gasteiger partial charge in [0.2, 0.25) is 0 Å². The lowest BCUT2D eigenvalue weighted by molar-refractivity contribution is -0.137. The Morgan fingerprint density at radius 3 is 2.52 bits per heavy atom. The molecule has 0 saturated carbocycles. The number of halogens is 3. The van der Waals surface area contributed by atoms with Crippen molar-refractivity contribution in [2.75, 3.05) is 36.9 Å². The number of hydrogen-bond acceptors (Lipinski definition) is 7. The van der Waals surface area contributed by atoms with Crippen LogP contribution in [-0.4, -0.2) is 52.9 Å². The zero-order valence-corrected chi connectivity index (χ0v) is 18.7. The number of sulfonamides is 1. The summed E-state index contributed by atoms with van der Waals surface area (Å²) in [6.45, 7) is 0.569. The van der Waals surface area contributed by atoms with Crippen LogP contribution in [0, 0.1) is 0 Å². The van der Waals surface area contributed by atoms with Crippen LogP contribution >= 0.6 is 0 Å². The van der Waals surface area contributed by atoms with Gasteiger partial charge in [0.1, 0.15) is 10.6 Å². The van der Waals surface area contributed by atoms with E-state index in [4.69, 9.17) is 4.74 Å². The number of piperidine rings is 1. The lowest BCUT2D eigenvalue weighted by Gasteiger charge is -2.33. The molecule has 1 saturated heterocycles. The maximum atomic E-state index is 13.4. The Morgan fingerprint density at radius 1 is 1.18 bits per heavy atom. The van der Waals surface area contributed by atoms with E-state index >= 15 is 0 Å². The number of alkyl halides is 3. The Morgan fingerprint density at radius 2 is 1.91 bits per heavy atom. The third-order valence-electron chi connectivity index (χ3n) is 5.18. The van der Waals surface area contributed by atoms with Crippen molar-refractivity contribution in [3.63, 3.8) is 0 Å². The maximum absolute atomic E-state index is 13.4. The summed E-state index contributed by atoms with van der Waals surface area (Å²) in [6.07, 6.45) is -4.27. The molecule has 2 aromatic rings. The van der Waals surface area contributed by atoms with Crippen LogP contribution in [0.1, 0.15) is 28.8 Å². The summed E-state index contributed by atoms with van der Waals surface area (Å²) in [6, 6.07) is 6.28. The van der Waals surface area contributed by atoms with Crippen molar-refractivity contribution < 1.29 is 41.0 Å². The highest BCUT2D eigenvalue weighted by atomic mass is 32.2. The number of carbonyl (C=O) groups excluding carboxylic acids is 1. The van der Waals surface area contributed by atoms with Gasteiger partial charge in [0.15, 0.2) is 0 Å². The van der Waals surface area contributed by atoms with Crippen LogP contribution < -0.4 is 14.4 Å². The topological polar surface area (TPSA) is 105 Å². The number of nitrogens with one attached hydrogen (secondary N) is 1. The molecule has 180 valence electrons. The normalized spacial score (nSPS) is 16.9. The standard InChI is InChI=1S/C21H23F3N2O6S/c1-31-18-8-5-13(20(28)32-2)10-19(18)33(29,30)25-16-11-14(21(22,23)24)6-7-17(16)26-9-3-4-15(27)12-26/h5-8,10-11,15,25,27H,3-4,9,12H2,1-2H3/t15-/m1/s1. The molecule has 0 amide bonds. The number of aliphatic hydroxyl groups is 1. The minimum Gasteiger partial charge on any atom is -0.495 e. The third-order valence-corrected chi connectivity index (χ3v) is 6.57. The van der Waals surface area contributed by atoms with Gasteiger partial charge in [-0.2, -0.15) is 13.2 Å². The molecular formula is C21H23F3N2O6S. The smallest absolute Gasteiger partial charge is 0.416 e. The molecule has 1 heterocycles. The van der Waals surface area contributed by atoms with Gasteiger partial charge < -0.3 is 19.5 Å². The number of ether oxygens (including phenoxy) is 2. The number of hydrogen-bond donors (Lipinski definition) is 2. The summed E-state index contributed by atoms with van der Waals surface area (Å²) >= 11 is 0. The van der Waals surface area contributed by atoms with E-state index < -0.39 is 38.7 Å². The number of anilines is 2. The number of benzene rings is 2. The summed E-state index contributed by atoms with van der Waals surface area (Å²) in [7, 11) is -2.15. The molecule has 12 heteroatoms. The average Bonchev–Trinajstić information content (AvgIpc) is 2.77. The van der Waals surface area contributed by atoms with Gasteiger partial charge in [-0.25, -0.2) is 13.2 Å². The first-order valence-corrected chi connectivity index (χ1v) is 11.4. The van der Waals surface area contributed by atoms with Crippen molar-refractivity contribution in [2.45, 2.75) is 30.0 Å². The molecule has 3 rings (SSSR count). The van der Waals surface area contributed by atoms with E-state index in [0.717, 1.165) is 19.2 Å². The molecule has 0 radical (unpaired) electrons. The van der Waals surface area contributed by atoms with Crippen LogP contribution in [0.5, 0.6) is 5.75 Å². The number of aliphatic hydroxyl groups excluding tert-OH is 1. The number of β-amino-alcohol motifs (C(OH)–C–C–N with tert-alkyl or cyclic N) is 1. The molecule has 0 spiro atoms. The van der Waals surface area contributed by atoms with Gasteiger partial charge in [0, 0.05) is 13.1 Å². The monoisotopic (exact) mass is 488 g/mol. The molecule has 2 N–H and O–H groups in total. The molecule has 0 aromatic heterocycles. The number of esters is 1. The predicted octanol–water partition coefficient (Wildman–Crippen LogP) is 3.26. The van der Waals surface area contributed by atoms with E-state index in [9.17, 15) is 31.5 Å². The van der Waals surface area contributed by atoms with Gasteiger partial charge in [0.05, 0.1) is 42.8 Å². The molecule has 1 fully saturated rings. The van der Waals surface area contributed by atoms with E-state index in [2.05, 4.69) is 9.46 Å². The second-order valence-corrected chi connectivity index (χ2v) is 9.09. The first kappa shape index (κ1) is 24.6. The minimum absolute atomic E-state index is 0.0814. The van der Waals surface area contributed by atoms with Gasteiger partial charge in [-0.05, 0) is 49.2 Å². The fourth-order valence-electron chi connectivity index (χ4n) is 3.57. The Balaban J connectivity index is 2.09. The highest BCUT2D eigenvalue weighted by molar-refractivity contribution is 7.92. The zero-order valence-electron chi connectivity index (χ0n) is 17.8. The third kappa shape index (κ3) is 5.50. The number of methoxy groups -OCH3 is 2. The van der Waals surface area contributed by atoms with Gasteiger partial charge in [-0.15, -0.1) is 0 Å². The molecule has 33 heavy (non-hydrogen) atoms. The molecule has 0 unspecified atom stereocenters. The van der Waals surface area contributed by atoms with Gasteiger partial charge in [-0.3, -0.25) is 4.72 Å². The molecule has 0 bridgehead atoms. The van der Waals surface area contributed by atoms with Crippen LogP contribution in [0.15, 0.2) is 41.3 Å². The highest BCUT2D eigenvalue weighted by Gasteiger charge is 2.33. The second kappa shape index (κ2) is 9.48. The fraction of sp³-hybridized carbons (Fsp3) is 0.381. The van der Waals surface area contributed by atoms with Gasteiger partial charge >= 0.3 is 12.1 Å². The molecule has 1 aliphatic rings. The molecule has 1 aliphatic heterocycles. The second-order valence-electron chi connectivity index (χ2n) is 7.43. The van der Waals surface area contributed by atoms with E-state index in [-0.39, 0.29) is 29.2 Å². The van der Waals surface area contributed by atoms with E-state index in [0.29, 0.717) is 25.5 Å². The van der Waals surface area contributed by atoms with Crippen molar-refractivity contribution in [1.82, 2.24) is 0 Å². The Labute approximate surface area is 189 Å². The van der Waals surface area contributed by atoms with Crippen molar-refractivity contribution in [2.24, 2.45) is 0 Å². The van der Waals surface area contributed by atoms with Crippen molar-refractivity contribution in [1.29, 1.82) is 0 Å². The first-order chi connectivity index (χ1) is 15.5. The van der Waals surface area contributed by atoms with Gasteiger partial charge in [0.25, 0.3) is 10.0 Å². The van der Waals surface area contributed by atoms with Crippen LogP contribution in [0.4, 0.5) is 24.5 Å². The first-order valence-electron chi connectivity index (χ1n) is 9.89. The Kier molecular flexibility index (Phi) is 7.08. The Bertz CT molecular complexity index is 1140. The quantitative estimate of drug-likeness (QED) is 0.602. The summed E-state index contributed by atoms with van der Waals surface area (Å²) in [5.74, 6) is -0.909. The molecular weight excluding hydrogens is 465 g/mol. The number of nitrogens with zero attached hydrogens (tertiary/aromatic N) is 1. The summed E-state index contributed by atoms with van der Waals surface area (Å²) in [5, 5.41) is 9.98. The van der Waals surface area contributed by atoms with E-state index in [1.807, 2.05) is 0 Å². The Hall–Kier alpha value is -2.99. The lowest BCUT2D eigenvalue weighted by atomic mass is 10.1. The van der Waals surface area contributed by atoms with Crippen molar-refractivity contribution in [3.8, 4) is 5.75 Å². The number of carbonyl (C=O) groups is 1. The highest BCUT2D eigenvalue weighted by Crippen LogP contribution is 2.38. The van der Waals surface area contributed by atoms with Crippen molar-refractivity contribution in [3.05, 3.63) is 47.5 Å². The lowest BCUT2D eigenvalue weighted by Crippen LogP contribution is -2.38. The largest absolute Gasteiger partial charge is 0.495 e. The van der Waals surface area contributed by atoms with Crippen LogP contribution in [-0.2, 0) is 20.9 Å². The molecule has 8 nitrogen and oxygen atoms in total. The summed E-state index contributed by atoms with van der Waals surface area (Å²) in [5.41, 5.74) is -1.25. The number of rotatable bonds is 6. The van der Waals surface area contributed by atoms with E-state index in [1.165, 1.54) is 25.3 Å².